The van der Waals surface area contributed by atoms with Gasteiger partial charge in [0.25, 0.3) is 0 Å². The highest BCUT2D eigenvalue weighted by atomic mass is 15.3. The topological polar surface area (TPSA) is 58.9 Å². The Labute approximate surface area is 297 Å². The van der Waals surface area contributed by atoms with Gasteiger partial charge in [-0.25, -0.2) is 4.99 Å². The lowest BCUT2D eigenvalue weighted by Gasteiger charge is -2.35. The number of anilines is 1. The average Bonchev–Trinajstić information content (AvgIpc) is 3.46. The zero-order valence-electron chi connectivity index (χ0n) is 28.0. The van der Waals surface area contributed by atoms with Gasteiger partial charge in [0.2, 0.25) is 5.96 Å². The lowest BCUT2D eigenvalue weighted by molar-refractivity contribution is 0.706. The SMILES string of the molecule is C=C(N=C(N=C(N)N1c2ccccc2-c2ccccc2C2C=CC=CC21)c1ccc2c(c1)c1ccccc1n2-c1ccccc1)c1ccccc1. The minimum absolute atomic E-state index is 0.0764. The van der Waals surface area contributed by atoms with E-state index in [0.29, 0.717) is 17.5 Å². The fraction of sp³-hybridized carbons (Fsp3) is 0.0435. The molecule has 2 heterocycles. The van der Waals surface area contributed by atoms with Crippen molar-refractivity contribution < 1.29 is 0 Å². The van der Waals surface area contributed by atoms with Crippen LogP contribution in [0.25, 0.3) is 44.3 Å². The molecule has 1 aliphatic carbocycles. The van der Waals surface area contributed by atoms with Gasteiger partial charge in [-0.15, -0.1) is 0 Å². The summed E-state index contributed by atoms with van der Waals surface area (Å²) in [6.07, 6.45) is 8.70. The Morgan fingerprint density at radius 1 is 0.588 bits per heavy atom. The number of hydrogen-bond acceptors (Lipinski definition) is 1. The predicted octanol–water partition coefficient (Wildman–Crippen LogP) is 10.3. The molecule has 2 unspecified atom stereocenters. The van der Waals surface area contributed by atoms with Crippen molar-refractivity contribution in [1.82, 2.24) is 4.57 Å². The molecule has 0 radical (unpaired) electrons. The van der Waals surface area contributed by atoms with Gasteiger partial charge in [-0.2, -0.15) is 4.99 Å². The summed E-state index contributed by atoms with van der Waals surface area (Å²) in [6, 6.07) is 52.4. The average molecular weight is 658 g/mol. The van der Waals surface area contributed by atoms with E-state index in [1.807, 2.05) is 36.4 Å². The van der Waals surface area contributed by atoms with E-state index in [1.165, 1.54) is 11.1 Å². The van der Waals surface area contributed by atoms with Crippen LogP contribution in [0.15, 0.2) is 193 Å². The van der Waals surface area contributed by atoms with E-state index in [1.54, 1.807) is 0 Å². The fourth-order valence-electron chi connectivity index (χ4n) is 7.62. The minimum atomic E-state index is -0.0894. The summed E-state index contributed by atoms with van der Waals surface area (Å²) in [5.41, 5.74) is 17.5. The standard InChI is InChI=1S/C46H35N5/c1-31(32-16-4-2-5-17-32)48-45(33-28-29-44-40(30-33)39-24-12-13-25-41(39)50(44)34-18-6-3-7-19-34)49-46(47)51-42-26-14-10-22-37(42)35-20-8-9-21-36(35)38-23-11-15-27-43(38)51/h2-30,37,42H,1H2,(H2,47,48,49). The second-order valence-electron chi connectivity index (χ2n) is 12.9. The molecule has 0 fully saturated rings. The van der Waals surface area contributed by atoms with Gasteiger partial charge in [0.15, 0.2) is 5.84 Å². The first-order valence-electron chi connectivity index (χ1n) is 17.2. The number of hydrogen-bond donors (Lipinski definition) is 1. The summed E-state index contributed by atoms with van der Waals surface area (Å²) < 4.78 is 2.31. The van der Waals surface area contributed by atoms with Crippen molar-refractivity contribution in [2.45, 2.75) is 12.0 Å². The minimum Gasteiger partial charge on any atom is -0.369 e. The fourth-order valence-corrected chi connectivity index (χ4v) is 7.62. The van der Waals surface area contributed by atoms with E-state index >= 15 is 0 Å². The van der Waals surface area contributed by atoms with Gasteiger partial charge in [-0.05, 0) is 59.2 Å². The van der Waals surface area contributed by atoms with E-state index in [4.69, 9.17) is 15.7 Å². The molecule has 7 aromatic rings. The van der Waals surface area contributed by atoms with Crippen LogP contribution in [0.5, 0.6) is 0 Å². The summed E-state index contributed by atoms with van der Waals surface area (Å²) in [5.74, 6) is 0.926. The number of aliphatic imine (C=N–C) groups is 2. The van der Waals surface area contributed by atoms with Crippen LogP contribution in [0.4, 0.5) is 5.69 Å². The van der Waals surface area contributed by atoms with Crippen molar-refractivity contribution in [3.8, 4) is 16.8 Å². The van der Waals surface area contributed by atoms with E-state index < -0.39 is 0 Å². The highest BCUT2D eigenvalue weighted by molar-refractivity contribution is 6.16. The molecule has 0 amide bonds. The Bertz CT molecular complexity index is 2570. The van der Waals surface area contributed by atoms with Crippen LogP contribution >= 0.6 is 0 Å². The number of fused-ring (bicyclic) bond motifs is 8. The number of guanidine groups is 1. The summed E-state index contributed by atoms with van der Waals surface area (Å²) >= 11 is 0. The molecule has 244 valence electrons. The predicted molar refractivity (Wildman–Crippen MR) is 214 cm³/mol. The maximum atomic E-state index is 7.21. The van der Waals surface area contributed by atoms with Crippen molar-refractivity contribution in [3.63, 3.8) is 0 Å². The number of benzene rings is 6. The van der Waals surface area contributed by atoms with Crippen LogP contribution in [-0.2, 0) is 0 Å². The number of nitrogens with two attached hydrogens (primary N) is 1. The monoisotopic (exact) mass is 657 g/mol. The van der Waals surface area contributed by atoms with E-state index in [9.17, 15) is 0 Å². The van der Waals surface area contributed by atoms with E-state index in [0.717, 1.165) is 49.9 Å². The van der Waals surface area contributed by atoms with E-state index in [-0.39, 0.29) is 12.0 Å². The zero-order valence-corrected chi connectivity index (χ0v) is 28.0. The lowest BCUT2D eigenvalue weighted by Crippen LogP contribution is -2.47. The molecule has 0 bridgehead atoms. The molecule has 0 saturated heterocycles. The molecule has 6 aromatic carbocycles. The molecule has 51 heavy (non-hydrogen) atoms. The maximum Gasteiger partial charge on any atom is 0.203 e. The molecule has 5 nitrogen and oxygen atoms in total. The summed E-state index contributed by atoms with van der Waals surface area (Å²) in [5, 5.41) is 2.26. The van der Waals surface area contributed by atoms with Gasteiger partial charge in [0.05, 0.1) is 28.5 Å². The number of allylic oxidation sites excluding steroid dienone is 2. The summed E-state index contributed by atoms with van der Waals surface area (Å²) in [7, 11) is 0. The van der Waals surface area contributed by atoms with Gasteiger partial charge >= 0.3 is 0 Å². The second kappa shape index (κ2) is 12.6. The Morgan fingerprint density at radius 2 is 1.25 bits per heavy atom. The molecule has 1 aliphatic heterocycles. The van der Waals surface area contributed by atoms with Crippen LogP contribution in [0.2, 0.25) is 0 Å². The molecule has 0 saturated carbocycles. The molecule has 2 aliphatic rings. The molecular formula is C46H35N5. The third-order valence-corrected chi connectivity index (χ3v) is 9.94. The van der Waals surface area contributed by atoms with Crippen LogP contribution in [0, 0.1) is 0 Å². The molecule has 2 atom stereocenters. The summed E-state index contributed by atoms with van der Waals surface area (Å²) in [4.78, 5) is 12.5. The molecule has 0 spiro atoms. The maximum absolute atomic E-state index is 7.21. The molecule has 2 N–H and O–H groups in total. The number of rotatable bonds is 4. The van der Waals surface area contributed by atoms with Gasteiger partial charge in [-0.1, -0.05) is 140 Å². The van der Waals surface area contributed by atoms with Crippen molar-refractivity contribution in [2.24, 2.45) is 15.7 Å². The van der Waals surface area contributed by atoms with Gasteiger partial charge < -0.3 is 15.2 Å². The largest absolute Gasteiger partial charge is 0.369 e. The second-order valence-corrected chi connectivity index (χ2v) is 12.9. The van der Waals surface area contributed by atoms with Crippen molar-refractivity contribution in [2.75, 3.05) is 4.90 Å². The van der Waals surface area contributed by atoms with E-state index in [2.05, 4.69) is 156 Å². The molecule has 9 rings (SSSR count). The van der Waals surface area contributed by atoms with Gasteiger partial charge in [0, 0.05) is 33.5 Å². The first-order valence-corrected chi connectivity index (χ1v) is 17.2. The summed E-state index contributed by atoms with van der Waals surface area (Å²) in [6.45, 7) is 4.37. The zero-order chi connectivity index (χ0) is 34.3. The van der Waals surface area contributed by atoms with Gasteiger partial charge in [-0.3, -0.25) is 0 Å². The van der Waals surface area contributed by atoms with Crippen LogP contribution in [0.3, 0.4) is 0 Å². The molecular weight excluding hydrogens is 623 g/mol. The Balaban J connectivity index is 1.24. The highest BCUT2D eigenvalue weighted by Crippen LogP contribution is 2.45. The van der Waals surface area contributed by atoms with Gasteiger partial charge in [0.1, 0.15) is 0 Å². The Morgan fingerprint density at radius 3 is 2.10 bits per heavy atom. The normalized spacial score (nSPS) is 16.8. The third kappa shape index (κ3) is 5.27. The quantitative estimate of drug-likeness (QED) is 0.151. The van der Waals surface area contributed by atoms with Crippen LogP contribution in [0.1, 0.15) is 22.6 Å². The van der Waals surface area contributed by atoms with Crippen molar-refractivity contribution in [3.05, 3.63) is 199 Å². The Hall–Kier alpha value is -6.72. The first-order chi connectivity index (χ1) is 25.2. The lowest BCUT2D eigenvalue weighted by atomic mass is 9.85. The van der Waals surface area contributed by atoms with Crippen molar-refractivity contribution >= 4 is 45.0 Å². The number of para-hydroxylation sites is 3. The number of aromatic nitrogens is 1. The molecule has 1 aromatic heterocycles. The van der Waals surface area contributed by atoms with Crippen molar-refractivity contribution in [1.29, 1.82) is 0 Å². The Kier molecular flexibility index (Phi) is 7.51. The third-order valence-electron chi connectivity index (χ3n) is 9.94. The highest BCUT2D eigenvalue weighted by Gasteiger charge is 2.35. The van der Waals surface area contributed by atoms with Crippen LogP contribution < -0.4 is 10.6 Å². The number of nitrogens with zero attached hydrogens (tertiary/aromatic N) is 4. The van der Waals surface area contributed by atoms with Crippen LogP contribution in [-0.4, -0.2) is 22.4 Å². The smallest absolute Gasteiger partial charge is 0.203 e. The molecule has 5 heteroatoms. The first kappa shape index (κ1) is 30.3. The number of amidine groups is 1.